The van der Waals surface area contributed by atoms with E-state index in [9.17, 15) is 9.59 Å². The van der Waals surface area contributed by atoms with Crippen LogP contribution in [0.3, 0.4) is 0 Å². The number of amides is 1. The Kier molecular flexibility index (Phi) is 4.88. The van der Waals surface area contributed by atoms with Crippen LogP contribution in [0.2, 0.25) is 0 Å². The van der Waals surface area contributed by atoms with E-state index in [4.69, 9.17) is 5.11 Å². The number of nitrogens with one attached hydrogen (secondary N) is 1. The Labute approximate surface area is 106 Å². The van der Waals surface area contributed by atoms with Gasteiger partial charge in [-0.1, -0.05) is 20.3 Å². The molecule has 0 saturated carbocycles. The fourth-order valence-electron chi connectivity index (χ4n) is 1.73. The number of rotatable bonds is 6. The van der Waals surface area contributed by atoms with Gasteiger partial charge in [-0.05, 0) is 6.42 Å². The zero-order chi connectivity index (χ0) is 13.7. The van der Waals surface area contributed by atoms with Crippen molar-refractivity contribution in [2.24, 2.45) is 13.0 Å². The fourth-order valence-corrected chi connectivity index (χ4v) is 1.73. The third kappa shape index (κ3) is 3.58. The highest BCUT2D eigenvalue weighted by molar-refractivity contribution is 5.85. The molecule has 0 spiro atoms. The van der Waals surface area contributed by atoms with Crippen LogP contribution in [0.1, 0.15) is 38.3 Å². The first-order valence-corrected chi connectivity index (χ1v) is 5.97. The average molecular weight is 253 g/mol. The maximum atomic E-state index is 11.8. The summed E-state index contributed by atoms with van der Waals surface area (Å²) < 4.78 is 1.51. The van der Waals surface area contributed by atoms with Crippen molar-refractivity contribution >= 4 is 11.9 Å². The van der Waals surface area contributed by atoms with Crippen molar-refractivity contribution in [3.05, 3.63) is 18.0 Å². The van der Waals surface area contributed by atoms with E-state index in [1.807, 2.05) is 6.92 Å². The van der Waals surface area contributed by atoms with Crippen molar-refractivity contribution in [1.82, 2.24) is 15.1 Å². The molecule has 0 fully saturated rings. The van der Waals surface area contributed by atoms with Crippen LogP contribution in [0, 0.1) is 5.92 Å². The number of carboxylic acids is 1. The van der Waals surface area contributed by atoms with Crippen molar-refractivity contribution in [1.29, 1.82) is 0 Å². The molecule has 1 rings (SSSR count). The number of hydrogen-bond donors (Lipinski definition) is 2. The highest BCUT2D eigenvalue weighted by Crippen LogP contribution is 2.14. The SMILES string of the molecule is CCCC(C)C(=O)NC(C(=O)O)c1cnn(C)c1. The molecule has 6 heteroatoms. The first-order chi connectivity index (χ1) is 8.45. The molecule has 0 aliphatic carbocycles. The Hall–Kier alpha value is -1.85. The predicted molar refractivity (Wildman–Crippen MR) is 65.8 cm³/mol. The molecule has 0 aliphatic heterocycles. The van der Waals surface area contributed by atoms with Gasteiger partial charge in [-0.25, -0.2) is 4.79 Å². The molecule has 18 heavy (non-hydrogen) atoms. The van der Waals surface area contributed by atoms with Gasteiger partial charge in [-0.15, -0.1) is 0 Å². The van der Waals surface area contributed by atoms with E-state index in [0.717, 1.165) is 12.8 Å². The maximum Gasteiger partial charge on any atom is 0.331 e. The van der Waals surface area contributed by atoms with Gasteiger partial charge < -0.3 is 10.4 Å². The third-order valence-electron chi connectivity index (χ3n) is 2.76. The minimum absolute atomic E-state index is 0.187. The summed E-state index contributed by atoms with van der Waals surface area (Å²) in [6.45, 7) is 3.78. The number of aryl methyl sites for hydroxylation is 1. The zero-order valence-corrected chi connectivity index (χ0v) is 10.9. The zero-order valence-electron chi connectivity index (χ0n) is 10.9. The lowest BCUT2D eigenvalue weighted by Gasteiger charge is -2.16. The topological polar surface area (TPSA) is 84.2 Å². The van der Waals surface area contributed by atoms with Gasteiger partial charge in [-0.2, -0.15) is 5.10 Å². The highest BCUT2D eigenvalue weighted by Gasteiger charge is 2.25. The normalized spacial score (nSPS) is 13.9. The lowest BCUT2D eigenvalue weighted by Crippen LogP contribution is -2.36. The molecule has 0 bridgehead atoms. The molecule has 0 saturated heterocycles. The summed E-state index contributed by atoms with van der Waals surface area (Å²) in [5, 5.41) is 15.6. The van der Waals surface area contributed by atoms with Gasteiger partial charge in [0.2, 0.25) is 5.91 Å². The number of carboxylic acid groups (broad SMARTS) is 1. The molecular weight excluding hydrogens is 234 g/mol. The second kappa shape index (κ2) is 6.18. The van der Waals surface area contributed by atoms with E-state index in [1.54, 1.807) is 20.2 Å². The molecule has 1 aromatic rings. The van der Waals surface area contributed by atoms with Crippen LogP contribution in [0.15, 0.2) is 12.4 Å². The highest BCUT2D eigenvalue weighted by atomic mass is 16.4. The lowest BCUT2D eigenvalue weighted by atomic mass is 10.0. The van der Waals surface area contributed by atoms with Crippen LogP contribution in [0.4, 0.5) is 0 Å². The number of aromatic nitrogens is 2. The van der Waals surface area contributed by atoms with E-state index < -0.39 is 12.0 Å². The van der Waals surface area contributed by atoms with Crippen LogP contribution in [0.25, 0.3) is 0 Å². The van der Waals surface area contributed by atoms with Crippen molar-refractivity contribution in [2.75, 3.05) is 0 Å². The Morgan fingerprint density at radius 1 is 1.56 bits per heavy atom. The van der Waals surface area contributed by atoms with Gasteiger partial charge in [0.05, 0.1) is 6.20 Å². The van der Waals surface area contributed by atoms with Crippen molar-refractivity contribution in [3.8, 4) is 0 Å². The Morgan fingerprint density at radius 3 is 2.67 bits per heavy atom. The number of nitrogens with zero attached hydrogens (tertiary/aromatic N) is 2. The third-order valence-corrected chi connectivity index (χ3v) is 2.76. The molecule has 0 aliphatic rings. The van der Waals surface area contributed by atoms with Crippen LogP contribution in [-0.4, -0.2) is 26.8 Å². The Morgan fingerprint density at radius 2 is 2.22 bits per heavy atom. The monoisotopic (exact) mass is 253 g/mol. The van der Waals surface area contributed by atoms with E-state index in [1.165, 1.54) is 10.9 Å². The standard InChI is InChI=1S/C12H19N3O3/c1-4-5-8(2)11(16)14-10(12(17)18)9-6-13-15(3)7-9/h6-8,10H,4-5H2,1-3H3,(H,14,16)(H,17,18). The minimum atomic E-state index is -1.08. The summed E-state index contributed by atoms with van der Waals surface area (Å²) >= 11 is 0. The minimum Gasteiger partial charge on any atom is -0.479 e. The summed E-state index contributed by atoms with van der Waals surface area (Å²) in [5.41, 5.74) is 0.474. The molecule has 1 heterocycles. The Balaban J connectivity index is 2.76. The smallest absolute Gasteiger partial charge is 0.331 e. The van der Waals surface area contributed by atoms with Gasteiger partial charge in [0.1, 0.15) is 0 Å². The lowest BCUT2D eigenvalue weighted by molar-refractivity contribution is -0.142. The summed E-state index contributed by atoms with van der Waals surface area (Å²) in [7, 11) is 1.70. The first-order valence-electron chi connectivity index (χ1n) is 5.97. The maximum absolute atomic E-state index is 11.8. The summed E-state index contributed by atoms with van der Waals surface area (Å²) in [4.78, 5) is 23.0. The summed E-state index contributed by atoms with van der Waals surface area (Å²) in [5.74, 6) is -1.51. The van der Waals surface area contributed by atoms with Gasteiger partial charge in [0, 0.05) is 24.7 Å². The van der Waals surface area contributed by atoms with Crippen LogP contribution < -0.4 is 5.32 Å². The van der Waals surface area contributed by atoms with Gasteiger partial charge in [0.15, 0.2) is 6.04 Å². The molecule has 0 aromatic carbocycles. The average Bonchev–Trinajstić information content (AvgIpc) is 2.72. The summed E-state index contributed by atoms with van der Waals surface area (Å²) in [6, 6.07) is -1.04. The van der Waals surface area contributed by atoms with Gasteiger partial charge in [-0.3, -0.25) is 9.48 Å². The van der Waals surface area contributed by atoms with Crippen LogP contribution >= 0.6 is 0 Å². The van der Waals surface area contributed by atoms with E-state index in [-0.39, 0.29) is 11.8 Å². The largest absolute Gasteiger partial charge is 0.479 e. The fraction of sp³-hybridized carbons (Fsp3) is 0.583. The molecule has 1 amide bonds. The molecule has 2 unspecified atom stereocenters. The van der Waals surface area contributed by atoms with Crippen molar-refractivity contribution in [2.45, 2.75) is 32.7 Å². The molecule has 2 N–H and O–H groups in total. The quantitative estimate of drug-likeness (QED) is 0.795. The number of hydrogen-bond acceptors (Lipinski definition) is 3. The number of aliphatic carboxylic acids is 1. The van der Waals surface area contributed by atoms with Crippen LogP contribution in [0.5, 0.6) is 0 Å². The van der Waals surface area contributed by atoms with Gasteiger partial charge in [0.25, 0.3) is 0 Å². The second-order valence-corrected chi connectivity index (χ2v) is 4.42. The molecule has 2 atom stereocenters. The predicted octanol–water partition coefficient (Wildman–Crippen LogP) is 1.10. The summed E-state index contributed by atoms with van der Waals surface area (Å²) in [6.07, 6.45) is 4.66. The number of carbonyl (C=O) groups excluding carboxylic acids is 1. The second-order valence-electron chi connectivity index (χ2n) is 4.42. The first kappa shape index (κ1) is 14.2. The molecular formula is C12H19N3O3. The molecule has 100 valence electrons. The molecule has 6 nitrogen and oxygen atoms in total. The van der Waals surface area contributed by atoms with E-state index in [0.29, 0.717) is 5.56 Å². The van der Waals surface area contributed by atoms with Gasteiger partial charge >= 0.3 is 5.97 Å². The van der Waals surface area contributed by atoms with E-state index >= 15 is 0 Å². The van der Waals surface area contributed by atoms with E-state index in [2.05, 4.69) is 10.4 Å². The Bertz CT molecular complexity index is 428. The molecule has 0 radical (unpaired) electrons. The van der Waals surface area contributed by atoms with Crippen LogP contribution in [-0.2, 0) is 16.6 Å². The van der Waals surface area contributed by atoms with Crippen molar-refractivity contribution in [3.63, 3.8) is 0 Å². The van der Waals surface area contributed by atoms with Crippen molar-refractivity contribution < 1.29 is 14.7 Å². The molecule has 1 aromatic heterocycles. The number of carbonyl (C=O) groups is 2.